The van der Waals surface area contributed by atoms with E-state index >= 15 is 0 Å². The maximum Gasteiger partial charge on any atom is 0.182 e. The molecule has 0 unspecified atom stereocenters. The average Bonchev–Trinajstić information content (AvgIpc) is 3.05. The van der Waals surface area contributed by atoms with E-state index in [1.165, 1.54) is 0 Å². The van der Waals surface area contributed by atoms with Crippen LogP contribution in [0.4, 0.5) is 0 Å². The number of benzene rings is 2. The van der Waals surface area contributed by atoms with E-state index in [4.69, 9.17) is 24.9 Å². The third-order valence-corrected chi connectivity index (χ3v) is 5.34. The zero-order chi connectivity index (χ0) is 23.5. The number of amidine groups is 1. The highest BCUT2D eigenvalue weighted by atomic mass is 16.5. The Hall–Kier alpha value is -3.53. The van der Waals surface area contributed by atoms with Gasteiger partial charge in [-0.15, -0.1) is 0 Å². The number of carbonyl (C=O) groups excluding carboxylic acids is 1. The van der Waals surface area contributed by atoms with Crippen molar-refractivity contribution in [2.75, 3.05) is 26.9 Å². The van der Waals surface area contributed by atoms with Gasteiger partial charge in [0.05, 0.1) is 20.3 Å². The highest BCUT2D eigenvalue weighted by molar-refractivity contribution is 6.05. The summed E-state index contributed by atoms with van der Waals surface area (Å²) in [7, 11) is 1.55. The number of nitrogens with one attached hydrogen (secondary N) is 1. The fourth-order valence-electron chi connectivity index (χ4n) is 3.79. The lowest BCUT2D eigenvalue weighted by Gasteiger charge is -2.25. The van der Waals surface area contributed by atoms with Gasteiger partial charge in [-0.25, -0.2) is 0 Å². The van der Waals surface area contributed by atoms with Crippen LogP contribution in [0.2, 0.25) is 0 Å². The summed E-state index contributed by atoms with van der Waals surface area (Å²) < 4.78 is 16.7. The summed E-state index contributed by atoms with van der Waals surface area (Å²) in [5.41, 5.74) is 2.75. The molecule has 168 valence electrons. The Morgan fingerprint density at radius 2 is 1.97 bits per heavy atom. The van der Waals surface area contributed by atoms with E-state index in [1.54, 1.807) is 18.1 Å². The summed E-state index contributed by atoms with van der Waals surface area (Å²) in [6.45, 7) is 8.96. The van der Waals surface area contributed by atoms with Gasteiger partial charge in [0, 0.05) is 23.2 Å². The normalized spacial score (nSPS) is 12.9. The van der Waals surface area contributed by atoms with E-state index in [2.05, 4.69) is 0 Å². The summed E-state index contributed by atoms with van der Waals surface area (Å²) in [6.07, 6.45) is 0. The zero-order valence-corrected chi connectivity index (χ0v) is 19.2. The first kappa shape index (κ1) is 23.1. The van der Waals surface area contributed by atoms with Crippen LogP contribution < -0.4 is 14.2 Å². The topological polar surface area (TPSA) is 95.6 Å². The highest BCUT2D eigenvalue weighted by Gasteiger charge is 2.29. The molecule has 0 saturated carbocycles. The summed E-state index contributed by atoms with van der Waals surface area (Å²) >= 11 is 0. The number of ketones is 1. The predicted molar refractivity (Wildman–Crippen MR) is 122 cm³/mol. The number of nitrogens with zero attached hydrogens (tertiary/aromatic N) is 2. The van der Waals surface area contributed by atoms with Gasteiger partial charge in [0.25, 0.3) is 0 Å². The van der Waals surface area contributed by atoms with Crippen molar-refractivity contribution in [1.29, 1.82) is 10.7 Å². The summed E-state index contributed by atoms with van der Waals surface area (Å²) in [4.78, 5) is 15.0. The standard InChI is InChI=1S/C25H29N3O4/c1-6-31-18-7-8-19-17(11-18)14-28(24(19)27)15-21(29)16-12-20(25(2,3)4)23(30-5)22(13-16)32-10-9-26/h7-8,11-13,27H,6,10,14-15H2,1-5H3. The van der Waals surface area contributed by atoms with Crippen LogP contribution >= 0.6 is 0 Å². The van der Waals surface area contributed by atoms with E-state index in [0.717, 1.165) is 22.4 Å². The van der Waals surface area contributed by atoms with Gasteiger partial charge in [-0.05, 0) is 48.2 Å². The molecule has 0 amide bonds. The molecule has 0 fully saturated rings. The van der Waals surface area contributed by atoms with Crippen molar-refractivity contribution in [3.63, 3.8) is 0 Å². The molecule has 7 heteroatoms. The summed E-state index contributed by atoms with van der Waals surface area (Å²) in [6, 6.07) is 11.0. The van der Waals surface area contributed by atoms with E-state index in [0.29, 0.717) is 36.0 Å². The Bertz CT molecular complexity index is 1080. The lowest BCUT2D eigenvalue weighted by Crippen LogP contribution is -2.30. The molecule has 0 bridgehead atoms. The third-order valence-electron chi connectivity index (χ3n) is 5.34. The Balaban J connectivity index is 1.89. The van der Waals surface area contributed by atoms with Crippen molar-refractivity contribution in [3.8, 4) is 23.3 Å². The first-order chi connectivity index (χ1) is 15.2. The van der Waals surface area contributed by atoms with Crippen molar-refractivity contribution >= 4 is 11.6 Å². The molecule has 3 rings (SSSR count). The fourth-order valence-corrected chi connectivity index (χ4v) is 3.79. The molecule has 0 radical (unpaired) electrons. The molecule has 1 aliphatic rings. The first-order valence-electron chi connectivity index (χ1n) is 10.5. The van der Waals surface area contributed by atoms with Gasteiger partial charge in [0.1, 0.15) is 17.7 Å². The molecule has 0 saturated heterocycles. The van der Waals surface area contributed by atoms with Crippen LogP contribution in [0.5, 0.6) is 17.2 Å². The molecule has 0 aliphatic carbocycles. The number of Topliss-reactive ketones (excluding diaryl/α,β-unsaturated/α-hetero) is 1. The number of rotatable bonds is 8. The predicted octanol–water partition coefficient (Wildman–Crippen LogP) is 4.32. The molecule has 1 N–H and O–H groups in total. The lowest BCUT2D eigenvalue weighted by molar-refractivity contribution is 0.0962. The zero-order valence-electron chi connectivity index (χ0n) is 19.2. The van der Waals surface area contributed by atoms with Crippen LogP contribution in [0.3, 0.4) is 0 Å². The highest BCUT2D eigenvalue weighted by Crippen LogP contribution is 2.40. The maximum absolute atomic E-state index is 13.2. The minimum atomic E-state index is -0.307. The van der Waals surface area contributed by atoms with Gasteiger partial charge in [0.2, 0.25) is 0 Å². The third kappa shape index (κ3) is 4.70. The van der Waals surface area contributed by atoms with Crippen molar-refractivity contribution in [2.45, 2.75) is 39.7 Å². The average molecular weight is 436 g/mol. The molecule has 1 aliphatic heterocycles. The molecule has 0 aromatic heterocycles. The number of fused-ring (bicyclic) bond motifs is 1. The SMILES string of the molecule is CCOc1ccc2c(c1)CN(CC(=O)c1cc(OCC#N)c(OC)c(C(C)(C)C)c1)C2=N. The van der Waals surface area contributed by atoms with Gasteiger partial charge >= 0.3 is 0 Å². The van der Waals surface area contributed by atoms with Gasteiger partial charge in [-0.1, -0.05) is 20.8 Å². The van der Waals surface area contributed by atoms with Crippen molar-refractivity contribution in [3.05, 3.63) is 52.6 Å². The van der Waals surface area contributed by atoms with Crippen LogP contribution in [0.1, 0.15) is 54.7 Å². The van der Waals surface area contributed by atoms with Crippen LogP contribution in [-0.2, 0) is 12.0 Å². The summed E-state index contributed by atoms with van der Waals surface area (Å²) in [5, 5.41) is 17.4. The molecule has 1 heterocycles. The quantitative estimate of drug-likeness (QED) is 0.621. The summed E-state index contributed by atoms with van der Waals surface area (Å²) in [5.74, 6) is 1.83. The van der Waals surface area contributed by atoms with Gasteiger partial charge < -0.3 is 19.1 Å². The lowest BCUT2D eigenvalue weighted by atomic mass is 9.84. The number of ether oxygens (including phenoxy) is 3. The fraction of sp³-hybridized carbons (Fsp3) is 0.400. The molecule has 2 aromatic carbocycles. The molecular weight excluding hydrogens is 406 g/mol. The number of carbonyl (C=O) groups is 1. The first-order valence-corrected chi connectivity index (χ1v) is 10.5. The number of nitriles is 1. The molecule has 0 spiro atoms. The van der Waals surface area contributed by atoms with Crippen LogP contribution in [0, 0.1) is 16.7 Å². The van der Waals surface area contributed by atoms with Gasteiger partial charge in [0.15, 0.2) is 23.9 Å². The van der Waals surface area contributed by atoms with Crippen LogP contribution in [-0.4, -0.2) is 43.4 Å². The van der Waals surface area contributed by atoms with Crippen LogP contribution in [0.15, 0.2) is 30.3 Å². The van der Waals surface area contributed by atoms with Gasteiger partial charge in [-0.3, -0.25) is 10.2 Å². The number of hydrogen-bond donors (Lipinski definition) is 1. The monoisotopic (exact) mass is 435 g/mol. The number of hydrogen-bond acceptors (Lipinski definition) is 6. The van der Waals surface area contributed by atoms with Crippen molar-refractivity contribution < 1.29 is 19.0 Å². The Kier molecular flexibility index (Phi) is 6.73. The minimum absolute atomic E-state index is 0.0606. The molecular formula is C25H29N3O4. The van der Waals surface area contributed by atoms with Crippen molar-refractivity contribution in [1.82, 2.24) is 4.90 Å². The molecule has 0 atom stereocenters. The molecule has 7 nitrogen and oxygen atoms in total. The Labute approximate surface area is 189 Å². The van der Waals surface area contributed by atoms with Crippen molar-refractivity contribution in [2.24, 2.45) is 0 Å². The van der Waals surface area contributed by atoms with Gasteiger partial charge in [-0.2, -0.15) is 5.26 Å². The second-order valence-corrected chi connectivity index (χ2v) is 8.63. The minimum Gasteiger partial charge on any atom is -0.494 e. The Morgan fingerprint density at radius 3 is 2.59 bits per heavy atom. The largest absolute Gasteiger partial charge is 0.494 e. The van der Waals surface area contributed by atoms with E-state index in [9.17, 15) is 4.79 Å². The molecule has 32 heavy (non-hydrogen) atoms. The molecule has 2 aromatic rings. The smallest absolute Gasteiger partial charge is 0.182 e. The second-order valence-electron chi connectivity index (χ2n) is 8.63. The maximum atomic E-state index is 13.2. The van der Waals surface area contributed by atoms with E-state index in [-0.39, 0.29) is 24.3 Å². The second kappa shape index (κ2) is 9.31. The Morgan fingerprint density at radius 1 is 1.22 bits per heavy atom. The number of methoxy groups -OCH3 is 1. The van der Waals surface area contributed by atoms with Crippen LogP contribution in [0.25, 0.3) is 0 Å². The van der Waals surface area contributed by atoms with E-state index < -0.39 is 0 Å². The van der Waals surface area contributed by atoms with E-state index in [1.807, 2.05) is 58.0 Å².